The highest BCUT2D eigenvalue weighted by molar-refractivity contribution is 7.13. The third kappa shape index (κ3) is 3.28. The third-order valence-corrected chi connectivity index (χ3v) is 4.79. The number of nitrogens with zero attached hydrogens (tertiary/aromatic N) is 2. The lowest BCUT2D eigenvalue weighted by Crippen LogP contribution is -2.51. The Morgan fingerprint density at radius 2 is 2.29 bits per heavy atom. The molecule has 1 fully saturated rings. The maximum absolute atomic E-state index is 10.9. The van der Waals surface area contributed by atoms with Gasteiger partial charge in [-0.15, -0.1) is 11.3 Å². The Morgan fingerprint density at radius 3 is 2.90 bits per heavy atom. The van der Waals surface area contributed by atoms with Crippen LogP contribution in [0.25, 0.3) is 10.7 Å². The molecule has 2 N–H and O–H groups in total. The minimum Gasteiger partial charge on any atom is -0.481 e. The van der Waals surface area contributed by atoms with Gasteiger partial charge in [0.05, 0.1) is 17.8 Å². The number of hydrogen-bond acceptors (Lipinski definition) is 5. The van der Waals surface area contributed by atoms with Crippen LogP contribution in [0, 0.1) is 0 Å². The van der Waals surface area contributed by atoms with E-state index in [9.17, 15) is 4.79 Å². The molecule has 2 aromatic heterocycles. The Bertz CT molecular complexity index is 623. The molecule has 0 amide bonds. The Balaban J connectivity index is 1.64. The van der Waals surface area contributed by atoms with E-state index in [1.54, 1.807) is 17.5 Å². The standard InChI is InChI=1S/C15H17N3O2S/c19-13(20)8-15(5-3-6-15)17-9-11-10-21-14(18-11)12-4-1-2-7-16-12/h1-2,4,7,10,17H,3,5-6,8-9H2,(H,19,20). The fourth-order valence-corrected chi connectivity index (χ4v) is 3.38. The van der Waals surface area contributed by atoms with Crippen molar-refractivity contribution in [2.75, 3.05) is 0 Å². The summed E-state index contributed by atoms with van der Waals surface area (Å²) in [5.74, 6) is -0.741. The Hall–Kier alpha value is -1.79. The summed E-state index contributed by atoms with van der Waals surface area (Å²) in [6.45, 7) is 0.608. The second kappa shape index (κ2) is 5.91. The van der Waals surface area contributed by atoms with Crippen molar-refractivity contribution in [3.63, 3.8) is 0 Å². The van der Waals surface area contributed by atoms with Crippen LogP contribution in [0.4, 0.5) is 0 Å². The van der Waals surface area contributed by atoms with Gasteiger partial charge < -0.3 is 10.4 Å². The topological polar surface area (TPSA) is 75.1 Å². The normalized spacial score (nSPS) is 16.4. The molecule has 6 heteroatoms. The number of nitrogens with one attached hydrogen (secondary N) is 1. The lowest BCUT2D eigenvalue weighted by molar-refractivity contribution is -0.139. The molecular weight excluding hydrogens is 286 g/mol. The minimum atomic E-state index is -0.741. The molecule has 5 nitrogen and oxygen atoms in total. The van der Waals surface area contributed by atoms with Crippen LogP contribution in [0.1, 0.15) is 31.4 Å². The second-order valence-electron chi connectivity index (χ2n) is 5.42. The molecule has 0 unspecified atom stereocenters. The maximum Gasteiger partial charge on any atom is 0.305 e. The Labute approximate surface area is 127 Å². The summed E-state index contributed by atoms with van der Waals surface area (Å²) in [5.41, 5.74) is 1.58. The SMILES string of the molecule is O=C(O)CC1(NCc2csc(-c3ccccn3)n2)CCC1. The first-order valence-corrected chi connectivity index (χ1v) is 7.87. The maximum atomic E-state index is 10.9. The van der Waals surface area contributed by atoms with E-state index in [4.69, 9.17) is 5.11 Å². The van der Waals surface area contributed by atoms with Crippen LogP contribution >= 0.6 is 11.3 Å². The number of carbonyl (C=O) groups is 1. The van der Waals surface area contributed by atoms with E-state index in [1.165, 1.54) is 0 Å². The van der Waals surface area contributed by atoms with Gasteiger partial charge in [0, 0.05) is 23.7 Å². The van der Waals surface area contributed by atoms with Crippen molar-refractivity contribution in [2.45, 2.75) is 37.8 Å². The van der Waals surface area contributed by atoms with Gasteiger partial charge in [-0.1, -0.05) is 6.07 Å². The molecule has 2 aromatic rings. The number of carboxylic acid groups (broad SMARTS) is 1. The summed E-state index contributed by atoms with van der Waals surface area (Å²) in [4.78, 5) is 19.8. The number of pyridine rings is 1. The van der Waals surface area contributed by atoms with Crippen molar-refractivity contribution in [3.05, 3.63) is 35.5 Å². The first-order chi connectivity index (χ1) is 10.2. The van der Waals surface area contributed by atoms with Crippen LogP contribution < -0.4 is 5.32 Å². The fraction of sp³-hybridized carbons (Fsp3) is 0.400. The molecule has 0 bridgehead atoms. The van der Waals surface area contributed by atoms with E-state index in [0.29, 0.717) is 6.54 Å². The molecule has 3 rings (SSSR count). The fourth-order valence-electron chi connectivity index (χ4n) is 2.58. The number of thiazole rings is 1. The Kier molecular flexibility index (Phi) is 3.98. The van der Waals surface area contributed by atoms with E-state index >= 15 is 0 Å². The van der Waals surface area contributed by atoms with Gasteiger partial charge in [-0.25, -0.2) is 4.98 Å². The lowest BCUT2D eigenvalue weighted by Gasteiger charge is -2.41. The van der Waals surface area contributed by atoms with Crippen LogP contribution in [0.5, 0.6) is 0 Å². The van der Waals surface area contributed by atoms with Gasteiger partial charge in [0.15, 0.2) is 0 Å². The molecule has 1 aliphatic carbocycles. The minimum absolute atomic E-state index is 0.185. The van der Waals surface area contributed by atoms with Crippen molar-refractivity contribution in [2.24, 2.45) is 0 Å². The predicted octanol–water partition coefficient (Wildman–Crippen LogP) is 2.69. The van der Waals surface area contributed by atoms with E-state index in [-0.39, 0.29) is 12.0 Å². The van der Waals surface area contributed by atoms with Crippen LogP contribution in [0.3, 0.4) is 0 Å². The number of aliphatic carboxylic acids is 1. The molecular formula is C15H17N3O2S. The van der Waals surface area contributed by atoms with Gasteiger partial charge in [-0.3, -0.25) is 9.78 Å². The van der Waals surface area contributed by atoms with Gasteiger partial charge in [0.1, 0.15) is 5.01 Å². The molecule has 110 valence electrons. The quantitative estimate of drug-likeness (QED) is 0.858. The molecule has 0 saturated heterocycles. The summed E-state index contributed by atoms with van der Waals surface area (Å²) in [6.07, 6.45) is 4.89. The van der Waals surface area contributed by atoms with E-state index < -0.39 is 5.97 Å². The van der Waals surface area contributed by atoms with Gasteiger partial charge in [0.2, 0.25) is 0 Å². The number of carboxylic acids is 1. The zero-order chi connectivity index (χ0) is 14.7. The first-order valence-electron chi connectivity index (χ1n) is 7.00. The van der Waals surface area contributed by atoms with E-state index in [1.807, 2.05) is 23.6 Å². The lowest BCUT2D eigenvalue weighted by atomic mass is 9.74. The summed E-state index contributed by atoms with van der Waals surface area (Å²) >= 11 is 1.56. The zero-order valence-corrected chi connectivity index (χ0v) is 12.4. The van der Waals surface area contributed by atoms with Crippen molar-refractivity contribution in [1.82, 2.24) is 15.3 Å². The number of aromatic nitrogens is 2. The summed E-state index contributed by atoms with van der Waals surface area (Å²) in [6, 6.07) is 5.76. The van der Waals surface area contributed by atoms with Crippen LogP contribution in [0.15, 0.2) is 29.8 Å². The predicted molar refractivity (Wildman–Crippen MR) is 81.0 cm³/mol. The highest BCUT2D eigenvalue weighted by Crippen LogP contribution is 2.35. The smallest absolute Gasteiger partial charge is 0.305 e. The summed E-state index contributed by atoms with van der Waals surface area (Å²) in [7, 11) is 0. The van der Waals surface area contributed by atoms with E-state index in [0.717, 1.165) is 35.7 Å². The monoisotopic (exact) mass is 303 g/mol. The van der Waals surface area contributed by atoms with Gasteiger partial charge in [0.25, 0.3) is 0 Å². The molecule has 0 radical (unpaired) electrons. The van der Waals surface area contributed by atoms with Crippen molar-refractivity contribution < 1.29 is 9.90 Å². The number of rotatable bonds is 6. The van der Waals surface area contributed by atoms with Crippen molar-refractivity contribution in [1.29, 1.82) is 0 Å². The second-order valence-corrected chi connectivity index (χ2v) is 6.28. The van der Waals surface area contributed by atoms with Gasteiger partial charge >= 0.3 is 5.97 Å². The van der Waals surface area contributed by atoms with E-state index in [2.05, 4.69) is 15.3 Å². The largest absolute Gasteiger partial charge is 0.481 e. The molecule has 0 aliphatic heterocycles. The summed E-state index contributed by atoms with van der Waals surface area (Å²) in [5, 5.41) is 15.3. The van der Waals surface area contributed by atoms with Gasteiger partial charge in [-0.2, -0.15) is 0 Å². The Morgan fingerprint density at radius 1 is 1.43 bits per heavy atom. The molecule has 0 spiro atoms. The highest BCUT2D eigenvalue weighted by Gasteiger charge is 2.38. The molecule has 0 atom stereocenters. The molecule has 21 heavy (non-hydrogen) atoms. The van der Waals surface area contributed by atoms with Crippen molar-refractivity contribution >= 4 is 17.3 Å². The van der Waals surface area contributed by atoms with Crippen LogP contribution in [-0.4, -0.2) is 26.6 Å². The van der Waals surface area contributed by atoms with Crippen LogP contribution in [0.2, 0.25) is 0 Å². The van der Waals surface area contributed by atoms with Crippen molar-refractivity contribution in [3.8, 4) is 10.7 Å². The van der Waals surface area contributed by atoms with Crippen LogP contribution in [-0.2, 0) is 11.3 Å². The van der Waals surface area contributed by atoms with Gasteiger partial charge in [-0.05, 0) is 31.4 Å². The third-order valence-electron chi connectivity index (χ3n) is 3.88. The highest BCUT2D eigenvalue weighted by atomic mass is 32.1. The first kappa shape index (κ1) is 14.2. The number of hydrogen-bond donors (Lipinski definition) is 2. The molecule has 0 aromatic carbocycles. The zero-order valence-electron chi connectivity index (χ0n) is 11.6. The molecule has 1 aliphatic rings. The molecule has 2 heterocycles. The average molecular weight is 303 g/mol. The molecule has 1 saturated carbocycles. The average Bonchev–Trinajstić information content (AvgIpc) is 2.91. The summed E-state index contributed by atoms with van der Waals surface area (Å²) < 4.78 is 0.